The maximum atomic E-state index is 5.35. The van der Waals surface area contributed by atoms with E-state index in [1.54, 1.807) is 0 Å². The molecule has 0 bridgehead atoms. The van der Waals surface area contributed by atoms with Crippen LogP contribution in [0.25, 0.3) is 99.4 Å². The van der Waals surface area contributed by atoms with Crippen molar-refractivity contribution in [1.29, 1.82) is 0 Å². The van der Waals surface area contributed by atoms with Crippen LogP contribution in [-0.2, 0) is 0 Å². The van der Waals surface area contributed by atoms with Crippen molar-refractivity contribution in [3.8, 4) is 44.9 Å². The quantitative estimate of drug-likeness (QED) is 0.191. The number of pyridine rings is 1. The maximum absolute atomic E-state index is 5.35. The van der Waals surface area contributed by atoms with Gasteiger partial charge in [0.2, 0.25) is 0 Å². The van der Waals surface area contributed by atoms with E-state index in [0.717, 1.165) is 22.3 Å². The Morgan fingerprint density at radius 3 is 1.81 bits per heavy atom. The Balaban J connectivity index is 1.18. The number of para-hydroxylation sites is 4. The molecule has 1 aliphatic rings. The van der Waals surface area contributed by atoms with Crippen LogP contribution < -0.4 is 0 Å². The van der Waals surface area contributed by atoms with E-state index in [9.17, 15) is 0 Å². The Morgan fingerprint density at radius 2 is 0.979 bits per heavy atom. The number of aromatic nitrogens is 3. The molecular weight excluding hydrogens is 583 g/mol. The summed E-state index contributed by atoms with van der Waals surface area (Å²) in [4.78, 5) is 5.35. The van der Waals surface area contributed by atoms with Crippen molar-refractivity contribution in [2.45, 2.75) is 0 Å². The molecule has 1 aliphatic heterocycles. The second-order valence-corrected chi connectivity index (χ2v) is 12.8. The van der Waals surface area contributed by atoms with Crippen molar-refractivity contribution in [2.75, 3.05) is 0 Å². The summed E-state index contributed by atoms with van der Waals surface area (Å²) in [7, 11) is 0. The molecule has 222 valence electrons. The van der Waals surface area contributed by atoms with Crippen molar-refractivity contribution in [1.82, 2.24) is 14.1 Å². The lowest BCUT2D eigenvalue weighted by Crippen LogP contribution is -2.00. The number of fused-ring (bicyclic) bond motifs is 12. The molecule has 11 rings (SSSR count). The van der Waals surface area contributed by atoms with Crippen molar-refractivity contribution >= 4 is 54.5 Å². The molecule has 3 heteroatoms. The molecule has 48 heavy (non-hydrogen) atoms. The minimum Gasteiger partial charge on any atom is -0.309 e. The third kappa shape index (κ3) is 3.45. The smallest absolute Gasteiger partial charge is 0.146 e. The van der Waals surface area contributed by atoms with E-state index in [4.69, 9.17) is 4.98 Å². The first-order chi connectivity index (χ1) is 23.8. The molecular formula is C45H27N3. The zero-order chi connectivity index (χ0) is 31.3. The average Bonchev–Trinajstić information content (AvgIpc) is 3.63. The highest BCUT2D eigenvalue weighted by Crippen LogP contribution is 2.47. The molecule has 10 aromatic rings. The summed E-state index contributed by atoms with van der Waals surface area (Å²) in [5.41, 5.74) is 14.2. The van der Waals surface area contributed by atoms with Gasteiger partial charge in [0, 0.05) is 43.7 Å². The molecule has 0 amide bonds. The van der Waals surface area contributed by atoms with Gasteiger partial charge in [0.1, 0.15) is 5.82 Å². The predicted octanol–water partition coefficient (Wildman–Crippen LogP) is 11.7. The van der Waals surface area contributed by atoms with Gasteiger partial charge in [-0.3, -0.25) is 4.57 Å². The van der Waals surface area contributed by atoms with Gasteiger partial charge in [-0.25, -0.2) is 4.98 Å². The molecule has 0 fully saturated rings. The summed E-state index contributed by atoms with van der Waals surface area (Å²) in [6, 6.07) is 59.5. The highest BCUT2D eigenvalue weighted by atomic mass is 15.1. The van der Waals surface area contributed by atoms with E-state index in [0.29, 0.717) is 0 Å². The number of nitrogens with zero attached hydrogens (tertiary/aromatic N) is 3. The topological polar surface area (TPSA) is 22.8 Å². The largest absolute Gasteiger partial charge is 0.309 e. The lowest BCUT2D eigenvalue weighted by Gasteiger charge is -2.13. The van der Waals surface area contributed by atoms with Crippen LogP contribution in [0, 0.1) is 0 Å². The van der Waals surface area contributed by atoms with Crippen molar-refractivity contribution in [3.63, 3.8) is 0 Å². The van der Waals surface area contributed by atoms with E-state index in [1.807, 2.05) is 0 Å². The third-order valence-corrected chi connectivity index (χ3v) is 10.2. The average molecular weight is 610 g/mol. The van der Waals surface area contributed by atoms with E-state index in [1.165, 1.54) is 77.1 Å². The van der Waals surface area contributed by atoms with Crippen molar-refractivity contribution < 1.29 is 0 Å². The van der Waals surface area contributed by atoms with Crippen LogP contribution in [0.3, 0.4) is 0 Å². The number of hydrogen-bond acceptors (Lipinski definition) is 1. The summed E-state index contributed by atoms with van der Waals surface area (Å²) in [6.07, 6.45) is 0. The SMILES string of the molecule is c1ccc(-n2c3ccccc3c3cc(-c4ccc5c(c4)c4cccc6c4n5-c4nc5ccccc5cc4-c4ccccc4-6)ccc32)cc1. The molecule has 3 aromatic heterocycles. The van der Waals surface area contributed by atoms with Gasteiger partial charge in [-0.1, -0.05) is 109 Å². The number of hydrogen-bond donors (Lipinski definition) is 0. The summed E-state index contributed by atoms with van der Waals surface area (Å²) >= 11 is 0. The van der Waals surface area contributed by atoms with Gasteiger partial charge in [-0.2, -0.15) is 0 Å². The molecule has 0 atom stereocenters. The summed E-state index contributed by atoms with van der Waals surface area (Å²) < 4.78 is 4.78. The summed E-state index contributed by atoms with van der Waals surface area (Å²) in [5.74, 6) is 0.981. The molecule has 0 radical (unpaired) electrons. The zero-order valence-electron chi connectivity index (χ0n) is 25.9. The number of rotatable bonds is 2. The molecule has 0 saturated heterocycles. The normalized spacial score (nSPS) is 12.2. The van der Waals surface area contributed by atoms with Gasteiger partial charge in [0.05, 0.1) is 27.6 Å². The van der Waals surface area contributed by atoms with Crippen LogP contribution in [-0.4, -0.2) is 14.1 Å². The highest BCUT2D eigenvalue weighted by Gasteiger charge is 2.26. The minimum atomic E-state index is 0.981. The third-order valence-electron chi connectivity index (χ3n) is 10.2. The van der Waals surface area contributed by atoms with Crippen LogP contribution in [0.4, 0.5) is 0 Å². The first-order valence-corrected chi connectivity index (χ1v) is 16.5. The van der Waals surface area contributed by atoms with Gasteiger partial charge in [-0.15, -0.1) is 0 Å². The summed E-state index contributed by atoms with van der Waals surface area (Å²) in [5, 5.41) is 6.14. The summed E-state index contributed by atoms with van der Waals surface area (Å²) in [6.45, 7) is 0. The van der Waals surface area contributed by atoms with E-state index < -0.39 is 0 Å². The number of benzene rings is 7. The molecule has 0 aliphatic carbocycles. The first kappa shape index (κ1) is 25.7. The van der Waals surface area contributed by atoms with E-state index >= 15 is 0 Å². The monoisotopic (exact) mass is 609 g/mol. The Kier molecular flexibility index (Phi) is 5.11. The molecule has 4 heterocycles. The van der Waals surface area contributed by atoms with Crippen LogP contribution >= 0.6 is 0 Å². The standard InChI is InChI=1S/C45H27N3/c1-2-12-31(13-3-1)47-41-20-9-7-16-34(41)37-25-28(21-23-42(37)47)29-22-24-43-38(26-29)36-18-10-17-35-32-14-5-6-15-33(32)39-27-30-11-4-8-19-40(30)46-45(39)48(43)44(35)36/h1-27H. The molecule has 0 unspecified atom stereocenters. The van der Waals surface area contributed by atoms with Crippen molar-refractivity contribution in [2.24, 2.45) is 0 Å². The van der Waals surface area contributed by atoms with E-state index in [2.05, 4.69) is 173 Å². The Bertz CT molecular complexity index is 2940. The van der Waals surface area contributed by atoms with Crippen LogP contribution in [0.15, 0.2) is 164 Å². The van der Waals surface area contributed by atoms with Crippen LogP contribution in [0.1, 0.15) is 0 Å². The van der Waals surface area contributed by atoms with E-state index in [-0.39, 0.29) is 0 Å². The van der Waals surface area contributed by atoms with Gasteiger partial charge in [0.15, 0.2) is 0 Å². The maximum Gasteiger partial charge on any atom is 0.146 e. The van der Waals surface area contributed by atoms with Gasteiger partial charge in [-0.05, 0) is 76.9 Å². The fourth-order valence-electron chi connectivity index (χ4n) is 8.12. The van der Waals surface area contributed by atoms with Crippen LogP contribution in [0.5, 0.6) is 0 Å². The Labute approximate surface area is 276 Å². The van der Waals surface area contributed by atoms with Crippen molar-refractivity contribution in [3.05, 3.63) is 164 Å². The molecule has 0 saturated carbocycles. The lowest BCUT2D eigenvalue weighted by atomic mass is 9.93. The Morgan fingerprint density at radius 1 is 0.375 bits per heavy atom. The van der Waals surface area contributed by atoms with Crippen LogP contribution in [0.2, 0.25) is 0 Å². The molecule has 3 nitrogen and oxygen atoms in total. The van der Waals surface area contributed by atoms with Gasteiger partial charge < -0.3 is 4.57 Å². The first-order valence-electron chi connectivity index (χ1n) is 16.5. The highest BCUT2D eigenvalue weighted by molar-refractivity contribution is 6.17. The predicted molar refractivity (Wildman–Crippen MR) is 200 cm³/mol. The second-order valence-electron chi connectivity index (χ2n) is 12.8. The second kappa shape index (κ2) is 9.54. The molecule has 0 spiro atoms. The fraction of sp³-hybridized carbons (Fsp3) is 0. The zero-order valence-corrected chi connectivity index (χ0v) is 25.9. The van der Waals surface area contributed by atoms with Gasteiger partial charge >= 0.3 is 0 Å². The molecule has 0 N–H and O–H groups in total. The molecule has 7 aromatic carbocycles. The minimum absolute atomic E-state index is 0.981. The Hall–Kier alpha value is -6.45. The fourth-order valence-corrected chi connectivity index (χ4v) is 8.12. The lowest BCUT2D eigenvalue weighted by molar-refractivity contribution is 1.11. The van der Waals surface area contributed by atoms with Gasteiger partial charge in [0.25, 0.3) is 0 Å².